The monoisotopic (exact) mass is 249 g/mol. The van der Waals surface area contributed by atoms with Crippen LogP contribution >= 0.6 is 0 Å². The summed E-state index contributed by atoms with van der Waals surface area (Å²) in [5, 5.41) is 3.45. The Morgan fingerprint density at radius 1 is 1.17 bits per heavy atom. The Balaban J connectivity index is 2.10. The lowest BCUT2D eigenvalue weighted by atomic mass is 10.1. The average molecular weight is 249 g/mol. The second kappa shape index (κ2) is 8.98. The average Bonchev–Trinajstić information content (AvgIpc) is 2.37. The van der Waals surface area contributed by atoms with E-state index in [4.69, 9.17) is 4.74 Å². The normalized spacial score (nSPS) is 10.9. The summed E-state index contributed by atoms with van der Waals surface area (Å²) in [6.07, 6.45) is 3.33. The van der Waals surface area contributed by atoms with Crippen molar-refractivity contribution < 1.29 is 4.74 Å². The molecule has 1 aromatic carbocycles. The Hall–Kier alpha value is -1.02. The Labute approximate surface area is 112 Å². The quantitative estimate of drug-likeness (QED) is 0.674. The molecular weight excluding hydrogens is 222 g/mol. The van der Waals surface area contributed by atoms with E-state index in [-0.39, 0.29) is 0 Å². The summed E-state index contributed by atoms with van der Waals surface area (Å²) >= 11 is 0. The number of ether oxygens (including phenoxy) is 1. The maximum atomic E-state index is 5.83. The van der Waals surface area contributed by atoms with Gasteiger partial charge in [-0.1, -0.05) is 39.0 Å². The molecule has 0 heterocycles. The zero-order valence-corrected chi connectivity index (χ0v) is 12.0. The molecule has 0 atom stereocenters. The van der Waals surface area contributed by atoms with Crippen LogP contribution < -0.4 is 10.1 Å². The SMILES string of the molecule is CCc1ccccc1OCCCCNCC(C)C. The summed E-state index contributed by atoms with van der Waals surface area (Å²) in [5.74, 6) is 1.79. The van der Waals surface area contributed by atoms with Gasteiger partial charge in [-0.15, -0.1) is 0 Å². The molecule has 0 aliphatic rings. The zero-order valence-electron chi connectivity index (χ0n) is 12.0. The molecule has 0 saturated carbocycles. The van der Waals surface area contributed by atoms with Gasteiger partial charge < -0.3 is 10.1 Å². The van der Waals surface area contributed by atoms with E-state index in [0.717, 1.165) is 44.2 Å². The third-order valence-corrected chi connectivity index (χ3v) is 2.91. The molecule has 0 aliphatic carbocycles. The van der Waals surface area contributed by atoms with Crippen LogP contribution in [0, 0.1) is 5.92 Å². The van der Waals surface area contributed by atoms with Crippen LogP contribution in [-0.4, -0.2) is 19.7 Å². The number of unbranched alkanes of at least 4 members (excludes halogenated alkanes) is 1. The molecule has 0 amide bonds. The maximum absolute atomic E-state index is 5.83. The predicted octanol–water partition coefficient (Wildman–Crippen LogP) is 3.65. The molecular formula is C16H27NO. The molecule has 2 nitrogen and oxygen atoms in total. The minimum absolute atomic E-state index is 0.734. The molecule has 18 heavy (non-hydrogen) atoms. The summed E-state index contributed by atoms with van der Waals surface area (Å²) in [7, 11) is 0. The minimum Gasteiger partial charge on any atom is -0.493 e. The topological polar surface area (TPSA) is 21.3 Å². The number of para-hydroxylation sites is 1. The summed E-state index contributed by atoms with van der Waals surface area (Å²) in [4.78, 5) is 0. The van der Waals surface area contributed by atoms with E-state index < -0.39 is 0 Å². The van der Waals surface area contributed by atoms with E-state index in [2.05, 4.69) is 44.3 Å². The highest BCUT2D eigenvalue weighted by Crippen LogP contribution is 2.18. The fourth-order valence-electron chi connectivity index (χ4n) is 1.86. The van der Waals surface area contributed by atoms with Crippen LogP contribution in [0.1, 0.15) is 39.2 Å². The van der Waals surface area contributed by atoms with Gasteiger partial charge in [-0.25, -0.2) is 0 Å². The highest BCUT2D eigenvalue weighted by Gasteiger charge is 2.00. The highest BCUT2D eigenvalue weighted by molar-refractivity contribution is 5.33. The van der Waals surface area contributed by atoms with E-state index in [1.807, 2.05) is 6.07 Å². The summed E-state index contributed by atoms with van der Waals surface area (Å²) < 4.78 is 5.83. The van der Waals surface area contributed by atoms with Crippen molar-refractivity contribution in [3.63, 3.8) is 0 Å². The fraction of sp³-hybridized carbons (Fsp3) is 0.625. The second-order valence-corrected chi connectivity index (χ2v) is 5.11. The summed E-state index contributed by atoms with van der Waals surface area (Å²) in [6, 6.07) is 8.32. The zero-order chi connectivity index (χ0) is 13.2. The number of nitrogens with one attached hydrogen (secondary N) is 1. The molecule has 0 bridgehead atoms. The van der Waals surface area contributed by atoms with Crippen LogP contribution in [0.4, 0.5) is 0 Å². The van der Waals surface area contributed by atoms with E-state index >= 15 is 0 Å². The standard InChI is InChI=1S/C16H27NO/c1-4-15-9-5-6-10-16(15)18-12-8-7-11-17-13-14(2)3/h5-6,9-10,14,17H,4,7-8,11-13H2,1-3H3. The van der Waals surface area contributed by atoms with Gasteiger partial charge in [0.2, 0.25) is 0 Å². The van der Waals surface area contributed by atoms with Gasteiger partial charge >= 0.3 is 0 Å². The lowest BCUT2D eigenvalue weighted by Gasteiger charge is -2.10. The molecule has 0 radical (unpaired) electrons. The first-order valence-electron chi connectivity index (χ1n) is 7.15. The molecule has 1 aromatic rings. The van der Waals surface area contributed by atoms with Crippen molar-refractivity contribution >= 4 is 0 Å². The predicted molar refractivity (Wildman–Crippen MR) is 78.3 cm³/mol. The Kier molecular flexibility index (Phi) is 7.51. The Morgan fingerprint density at radius 3 is 2.67 bits per heavy atom. The molecule has 1 rings (SSSR count). The van der Waals surface area contributed by atoms with Gasteiger partial charge in [-0.2, -0.15) is 0 Å². The van der Waals surface area contributed by atoms with Crippen molar-refractivity contribution in [1.29, 1.82) is 0 Å². The molecule has 0 saturated heterocycles. The highest BCUT2D eigenvalue weighted by atomic mass is 16.5. The lowest BCUT2D eigenvalue weighted by Crippen LogP contribution is -2.21. The third-order valence-electron chi connectivity index (χ3n) is 2.91. The van der Waals surface area contributed by atoms with Gasteiger partial charge in [-0.3, -0.25) is 0 Å². The van der Waals surface area contributed by atoms with Gasteiger partial charge in [-0.05, 0) is 49.9 Å². The van der Waals surface area contributed by atoms with Crippen LogP contribution in [0.15, 0.2) is 24.3 Å². The van der Waals surface area contributed by atoms with Crippen molar-refractivity contribution in [1.82, 2.24) is 5.32 Å². The molecule has 102 valence electrons. The number of aryl methyl sites for hydroxylation is 1. The van der Waals surface area contributed by atoms with Gasteiger partial charge in [0.05, 0.1) is 6.61 Å². The van der Waals surface area contributed by atoms with Crippen molar-refractivity contribution in [2.24, 2.45) is 5.92 Å². The molecule has 2 heteroatoms. The van der Waals surface area contributed by atoms with E-state index in [0.29, 0.717) is 0 Å². The molecule has 0 unspecified atom stereocenters. The minimum atomic E-state index is 0.734. The van der Waals surface area contributed by atoms with Crippen molar-refractivity contribution in [2.45, 2.75) is 40.0 Å². The number of hydrogen-bond donors (Lipinski definition) is 1. The Bertz CT molecular complexity index is 323. The molecule has 1 N–H and O–H groups in total. The van der Waals surface area contributed by atoms with Crippen LogP contribution in [0.2, 0.25) is 0 Å². The van der Waals surface area contributed by atoms with Gasteiger partial charge in [0.1, 0.15) is 5.75 Å². The van der Waals surface area contributed by atoms with E-state index in [9.17, 15) is 0 Å². The van der Waals surface area contributed by atoms with E-state index in [1.165, 1.54) is 12.0 Å². The van der Waals surface area contributed by atoms with Crippen LogP contribution in [0.25, 0.3) is 0 Å². The molecule has 0 aromatic heterocycles. The summed E-state index contributed by atoms with van der Waals surface area (Å²) in [6.45, 7) is 9.66. The van der Waals surface area contributed by atoms with Crippen LogP contribution in [0.5, 0.6) is 5.75 Å². The smallest absolute Gasteiger partial charge is 0.122 e. The molecule has 0 spiro atoms. The second-order valence-electron chi connectivity index (χ2n) is 5.11. The van der Waals surface area contributed by atoms with Gasteiger partial charge in [0.15, 0.2) is 0 Å². The maximum Gasteiger partial charge on any atom is 0.122 e. The lowest BCUT2D eigenvalue weighted by molar-refractivity contribution is 0.302. The fourth-order valence-corrected chi connectivity index (χ4v) is 1.86. The first-order chi connectivity index (χ1) is 8.74. The van der Waals surface area contributed by atoms with Crippen molar-refractivity contribution in [3.8, 4) is 5.75 Å². The Morgan fingerprint density at radius 2 is 1.94 bits per heavy atom. The number of benzene rings is 1. The summed E-state index contributed by atoms with van der Waals surface area (Å²) in [5.41, 5.74) is 1.30. The van der Waals surface area contributed by atoms with Gasteiger partial charge in [0, 0.05) is 0 Å². The van der Waals surface area contributed by atoms with E-state index in [1.54, 1.807) is 0 Å². The largest absolute Gasteiger partial charge is 0.493 e. The van der Waals surface area contributed by atoms with Crippen molar-refractivity contribution in [3.05, 3.63) is 29.8 Å². The first kappa shape index (κ1) is 15.0. The first-order valence-corrected chi connectivity index (χ1v) is 7.15. The van der Waals surface area contributed by atoms with Crippen molar-refractivity contribution in [2.75, 3.05) is 19.7 Å². The van der Waals surface area contributed by atoms with Crippen LogP contribution in [0.3, 0.4) is 0 Å². The number of hydrogen-bond acceptors (Lipinski definition) is 2. The third kappa shape index (κ3) is 6.06. The van der Waals surface area contributed by atoms with Crippen LogP contribution in [-0.2, 0) is 6.42 Å². The number of rotatable bonds is 9. The molecule has 0 aliphatic heterocycles. The van der Waals surface area contributed by atoms with Gasteiger partial charge in [0.25, 0.3) is 0 Å². The molecule has 0 fully saturated rings.